The minimum Gasteiger partial charge on any atom is -0.494 e. The number of carbonyl (C=O) groups is 2. The third kappa shape index (κ3) is 5.60. The number of amides is 2. The van der Waals surface area contributed by atoms with Gasteiger partial charge in [0.15, 0.2) is 0 Å². The Kier molecular flexibility index (Phi) is 7.71. The maximum Gasteiger partial charge on any atom is 0.257 e. The quantitative estimate of drug-likeness (QED) is 0.520. The molecule has 0 aliphatic rings. The van der Waals surface area contributed by atoms with Gasteiger partial charge in [-0.05, 0) is 59.3 Å². The van der Waals surface area contributed by atoms with Gasteiger partial charge in [-0.15, -0.1) is 0 Å². The van der Waals surface area contributed by atoms with Gasteiger partial charge in [-0.1, -0.05) is 24.9 Å². The summed E-state index contributed by atoms with van der Waals surface area (Å²) < 4.78 is 6.24. The largest absolute Gasteiger partial charge is 0.494 e. The van der Waals surface area contributed by atoms with Crippen molar-refractivity contribution in [2.75, 3.05) is 17.7 Å². The Morgan fingerprint density at radius 2 is 1.92 bits per heavy atom. The predicted molar refractivity (Wildman–Crippen MR) is 113 cm³/mol. The van der Waals surface area contributed by atoms with Crippen LogP contribution in [-0.2, 0) is 4.79 Å². The van der Waals surface area contributed by atoms with Crippen molar-refractivity contribution >= 4 is 57.4 Å². The number of nitrogens with one attached hydrogen (secondary N) is 2. The number of rotatable bonds is 7. The van der Waals surface area contributed by atoms with Crippen LogP contribution in [0.5, 0.6) is 5.75 Å². The predicted octanol–water partition coefficient (Wildman–Crippen LogP) is 5.33. The molecule has 0 aromatic heterocycles. The molecular formula is C19H20ClIN2O3. The van der Waals surface area contributed by atoms with Gasteiger partial charge in [-0.25, -0.2) is 0 Å². The van der Waals surface area contributed by atoms with Gasteiger partial charge < -0.3 is 15.4 Å². The molecule has 7 heteroatoms. The molecule has 2 rings (SSSR count). The van der Waals surface area contributed by atoms with Crippen LogP contribution in [0.3, 0.4) is 0 Å². The fraction of sp³-hybridized carbons (Fsp3) is 0.263. The number of halogens is 2. The highest BCUT2D eigenvalue weighted by Gasteiger charge is 2.13. The summed E-state index contributed by atoms with van der Waals surface area (Å²) in [6, 6.07) is 10.3. The van der Waals surface area contributed by atoms with Crippen LogP contribution in [0.25, 0.3) is 0 Å². The molecule has 2 N–H and O–H groups in total. The first kappa shape index (κ1) is 20.5. The van der Waals surface area contributed by atoms with Crippen molar-refractivity contribution in [2.45, 2.75) is 26.2 Å². The molecule has 0 heterocycles. The van der Waals surface area contributed by atoms with Crippen LogP contribution in [0.1, 0.15) is 36.5 Å². The van der Waals surface area contributed by atoms with Crippen molar-refractivity contribution in [3.8, 4) is 5.75 Å². The molecule has 0 fully saturated rings. The van der Waals surface area contributed by atoms with Gasteiger partial charge in [0.1, 0.15) is 5.75 Å². The van der Waals surface area contributed by atoms with E-state index in [4.69, 9.17) is 16.3 Å². The summed E-state index contributed by atoms with van der Waals surface area (Å²) in [6.45, 7) is 2.03. The second-order valence-electron chi connectivity index (χ2n) is 5.65. The number of anilines is 2. The SMILES string of the molecule is CCCCC(=O)Nc1ccc(NC(=O)c2cc(I)ccc2Cl)cc1OC. The lowest BCUT2D eigenvalue weighted by Gasteiger charge is -2.13. The average Bonchev–Trinajstić information content (AvgIpc) is 2.63. The molecule has 5 nitrogen and oxygen atoms in total. The lowest BCUT2D eigenvalue weighted by atomic mass is 10.2. The molecule has 26 heavy (non-hydrogen) atoms. The van der Waals surface area contributed by atoms with E-state index in [-0.39, 0.29) is 11.8 Å². The zero-order chi connectivity index (χ0) is 19.1. The monoisotopic (exact) mass is 486 g/mol. The van der Waals surface area contributed by atoms with Crippen LogP contribution >= 0.6 is 34.2 Å². The minimum atomic E-state index is -0.310. The number of carbonyl (C=O) groups excluding carboxylic acids is 2. The summed E-state index contributed by atoms with van der Waals surface area (Å²) in [5, 5.41) is 6.01. The molecule has 0 unspecified atom stereocenters. The molecule has 2 amide bonds. The van der Waals surface area contributed by atoms with E-state index in [9.17, 15) is 9.59 Å². The first-order chi connectivity index (χ1) is 12.4. The summed E-state index contributed by atoms with van der Waals surface area (Å²) in [6.07, 6.45) is 2.25. The Hall–Kier alpha value is -1.80. The molecule has 2 aromatic rings. The third-order valence-electron chi connectivity index (χ3n) is 3.66. The molecular weight excluding hydrogens is 467 g/mol. The van der Waals surface area contributed by atoms with Gasteiger partial charge in [-0.3, -0.25) is 9.59 Å². The maximum absolute atomic E-state index is 12.5. The van der Waals surface area contributed by atoms with Crippen molar-refractivity contribution in [1.29, 1.82) is 0 Å². The Labute approximate surface area is 171 Å². The molecule has 0 spiro atoms. The first-order valence-corrected chi connectivity index (χ1v) is 9.64. The van der Waals surface area contributed by atoms with Crippen molar-refractivity contribution in [1.82, 2.24) is 0 Å². The van der Waals surface area contributed by atoms with Crippen LogP contribution in [0, 0.1) is 3.57 Å². The molecule has 2 aromatic carbocycles. The number of hydrogen-bond acceptors (Lipinski definition) is 3. The van der Waals surface area contributed by atoms with Gasteiger partial charge in [-0.2, -0.15) is 0 Å². The summed E-state index contributed by atoms with van der Waals surface area (Å²) in [7, 11) is 1.51. The first-order valence-electron chi connectivity index (χ1n) is 8.19. The highest BCUT2D eigenvalue weighted by atomic mass is 127. The lowest BCUT2D eigenvalue weighted by molar-refractivity contribution is -0.116. The van der Waals surface area contributed by atoms with Gasteiger partial charge in [0.25, 0.3) is 5.91 Å². The number of hydrogen-bond donors (Lipinski definition) is 2. The van der Waals surface area contributed by atoms with Crippen LogP contribution in [0.15, 0.2) is 36.4 Å². The van der Waals surface area contributed by atoms with Crippen LogP contribution in [-0.4, -0.2) is 18.9 Å². The molecule has 0 saturated heterocycles. The minimum absolute atomic E-state index is 0.0624. The smallest absolute Gasteiger partial charge is 0.257 e. The van der Waals surface area contributed by atoms with Gasteiger partial charge in [0.2, 0.25) is 5.91 Å². The van der Waals surface area contributed by atoms with E-state index in [1.807, 2.05) is 13.0 Å². The zero-order valence-corrected chi connectivity index (χ0v) is 17.5. The number of benzene rings is 2. The van der Waals surface area contributed by atoms with Crippen molar-refractivity contribution < 1.29 is 14.3 Å². The van der Waals surface area contributed by atoms with E-state index >= 15 is 0 Å². The van der Waals surface area contributed by atoms with Crippen molar-refractivity contribution in [3.63, 3.8) is 0 Å². The second kappa shape index (κ2) is 9.78. The summed E-state index contributed by atoms with van der Waals surface area (Å²) in [5.74, 6) is 0.101. The molecule has 138 valence electrons. The van der Waals surface area contributed by atoms with Gasteiger partial charge in [0, 0.05) is 21.7 Å². The maximum atomic E-state index is 12.5. The fourth-order valence-corrected chi connectivity index (χ4v) is 2.99. The normalized spacial score (nSPS) is 10.3. The molecule has 0 aliphatic heterocycles. The fourth-order valence-electron chi connectivity index (χ4n) is 2.29. The van der Waals surface area contributed by atoms with E-state index in [1.165, 1.54) is 7.11 Å². The third-order valence-corrected chi connectivity index (χ3v) is 4.66. The molecule has 0 radical (unpaired) electrons. The lowest BCUT2D eigenvalue weighted by Crippen LogP contribution is -2.14. The van der Waals surface area contributed by atoms with Gasteiger partial charge >= 0.3 is 0 Å². The standard InChI is InChI=1S/C19H20ClIN2O3/c1-3-4-5-18(24)23-16-9-7-13(11-17(16)26-2)22-19(25)14-10-12(21)6-8-15(14)20/h6-11H,3-5H2,1-2H3,(H,22,25)(H,23,24). The highest BCUT2D eigenvalue weighted by molar-refractivity contribution is 14.1. The van der Waals surface area contributed by atoms with E-state index < -0.39 is 0 Å². The van der Waals surface area contributed by atoms with E-state index in [0.29, 0.717) is 34.1 Å². The highest BCUT2D eigenvalue weighted by Crippen LogP contribution is 2.29. The molecule has 0 bridgehead atoms. The van der Waals surface area contributed by atoms with Crippen molar-refractivity contribution in [2.24, 2.45) is 0 Å². The van der Waals surface area contributed by atoms with Crippen LogP contribution in [0.4, 0.5) is 11.4 Å². The number of ether oxygens (including phenoxy) is 1. The van der Waals surface area contributed by atoms with E-state index in [2.05, 4.69) is 33.2 Å². The zero-order valence-electron chi connectivity index (χ0n) is 14.6. The van der Waals surface area contributed by atoms with Crippen LogP contribution in [0.2, 0.25) is 5.02 Å². The molecule has 0 aliphatic carbocycles. The van der Waals surface area contributed by atoms with E-state index in [0.717, 1.165) is 16.4 Å². The summed E-state index contributed by atoms with van der Waals surface area (Å²) in [4.78, 5) is 24.4. The number of methoxy groups -OCH3 is 1. The Morgan fingerprint density at radius 3 is 2.62 bits per heavy atom. The van der Waals surface area contributed by atoms with Gasteiger partial charge in [0.05, 0.1) is 23.4 Å². The average molecular weight is 487 g/mol. The second-order valence-corrected chi connectivity index (χ2v) is 7.30. The molecule has 0 atom stereocenters. The summed E-state index contributed by atoms with van der Waals surface area (Å²) in [5.41, 5.74) is 1.52. The Balaban J connectivity index is 2.14. The summed E-state index contributed by atoms with van der Waals surface area (Å²) >= 11 is 8.23. The Morgan fingerprint density at radius 1 is 1.15 bits per heavy atom. The topological polar surface area (TPSA) is 67.4 Å². The van der Waals surface area contributed by atoms with E-state index in [1.54, 1.807) is 30.3 Å². The Bertz CT molecular complexity index is 811. The van der Waals surface area contributed by atoms with Crippen LogP contribution < -0.4 is 15.4 Å². The number of unbranched alkanes of at least 4 members (excludes halogenated alkanes) is 1. The van der Waals surface area contributed by atoms with Crippen molar-refractivity contribution in [3.05, 3.63) is 50.6 Å². The molecule has 0 saturated carbocycles.